The molecule has 2 aromatic carbocycles. The Morgan fingerprint density at radius 1 is 0.800 bits per heavy atom. The third-order valence-corrected chi connectivity index (χ3v) is 5.10. The van der Waals surface area contributed by atoms with E-state index in [0.717, 1.165) is 48.4 Å². The third-order valence-electron chi connectivity index (χ3n) is 5.10. The summed E-state index contributed by atoms with van der Waals surface area (Å²) in [7, 11) is 4.71. The maximum atomic E-state index is 11.6. The van der Waals surface area contributed by atoms with Crippen LogP contribution in [0, 0.1) is 0 Å². The Kier molecular flexibility index (Phi) is 7.44. The monoisotopic (exact) mass is 405 g/mol. The van der Waals surface area contributed by atoms with Gasteiger partial charge in [0.25, 0.3) is 0 Å². The van der Waals surface area contributed by atoms with Gasteiger partial charge in [0, 0.05) is 18.0 Å². The van der Waals surface area contributed by atoms with Crippen LogP contribution in [0.25, 0.3) is 0 Å². The van der Waals surface area contributed by atoms with Gasteiger partial charge in [0.2, 0.25) is 0 Å². The van der Waals surface area contributed by atoms with Crippen LogP contribution in [0.5, 0.6) is 11.5 Å². The summed E-state index contributed by atoms with van der Waals surface area (Å²) < 4.78 is 15.5. The summed E-state index contributed by atoms with van der Waals surface area (Å²) >= 11 is 0. The first-order chi connectivity index (χ1) is 14.6. The summed E-state index contributed by atoms with van der Waals surface area (Å²) in [6.07, 6.45) is 5.31. The SMILES string of the molecule is COC(=O)c1ccc(CCc2ncccc2CCc2cc(OC)cc(OC)c2)cc1. The highest BCUT2D eigenvalue weighted by Crippen LogP contribution is 2.24. The van der Waals surface area contributed by atoms with Gasteiger partial charge in [-0.1, -0.05) is 18.2 Å². The molecule has 0 saturated heterocycles. The van der Waals surface area contributed by atoms with Gasteiger partial charge in [0.15, 0.2) is 0 Å². The van der Waals surface area contributed by atoms with E-state index < -0.39 is 0 Å². The molecule has 5 nitrogen and oxygen atoms in total. The van der Waals surface area contributed by atoms with E-state index in [4.69, 9.17) is 14.2 Å². The lowest BCUT2D eigenvalue weighted by atomic mass is 9.99. The van der Waals surface area contributed by atoms with Crippen molar-refractivity contribution in [3.8, 4) is 11.5 Å². The standard InChI is InChI=1S/C25H27NO4/c1-28-22-15-19(16-23(17-22)29-2)8-10-20-5-4-14-26-24(20)13-9-18-6-11-21(12-7-18)25(27)30-3/h4-7,11-12,14-17H,8-10,13H2,1-3H3. The number of hydrogen-bond donors (Lipinski definition) is 0. The van der Waals surface area contributed by atoms with E-state index >= 15 is 0 Å². The summed E-state index contributed by atoms with van der Waals surface area (Å²) in [5.41, 5.74) is 5.24. The molecule has 1 aromatic heterocycles. The number of benzene rings is 2. The van der Waals surface area contributed by atoms with E-state index in [2.05, 4.69) is 11.1 Å². The van der Waals surface area contributed by atoms with Crippen LogP contribution in [0.15, 0.2) is 60.8 Å². The zero-order chi connectivity index (χ0) is 21.3. The quantitative estimate of drug-likeness (QED) is 0.492. The van der Waals surface area contributed by atoms with Crippen molar-refractivity contribution in [3.05, 3.63) is 88.7 Å². The molecule has 0 fully saturated rings. The Bertz CT molecular complexity index is 960. The molecule has 156 valence electrons. The first kappa shape index (κ1) is 21.4. The molecular formula is C25H27NO4. The van der Waals surface area contributed by atoms with Crippen molar-refractivity contribution in [1.29, 1.82) is 0 Å². The molecule has 5 heteroatoms. The maximum Gasteiger partial charge on any atom is 0.337 e. The number of esters is 1. The molecule has 0 spiro atoms. The van der Waals surface area contributed by atoms with Crippen molar-refractivity contribution in [2.45, 2.75) is 25.7 Å². The van der Waals surface area contributed by atoms with Gasteiger partial charge in [-0.25, -0.2) is 4.79 Å². The van der Waals surface area contributed by atoms with Gasteiger partial charge in [-0.3, -0.25) is 4.98 Å². The van der Waals surface area contributed by atoms with E-state index in [1.165, 1.54) is 18.2 Å². The Hall–Kier alpha value is -3.34. The molecule has 3 aromatic rings. The number of ether oxygens (including phenoxy) is 3. The van der Waals surface area contributed by atoms with Crippen molar-refractivity contribution in [2.75, 3.05) is 21.3 Å². The van der Waals surface area contributed by atoms with E-state index in [9.17, 15) is 4.79 Å². The van der Waals surface area contributed by atoms with Crippen molar-refractivity contribution in [2.24, 2.45) is 0 Å². The second kappa shape index (κ2) is 10.4. The lowest BCUT2D eigenvalue weighted by Gasteiger charge is -2.11. The fraction of sp³-hybridized carbons (Fsp3) is 0.280. The number of pyridine rings is 1. The largest absolute Gasteiger partial charge is 0.497 e. The van der Waals surface area contributed by atoms with Gasteiger partial charge in [0.05, 0.1) is 26.9 Å². The number of rotatable bonds is 9. The predicted octanol–water partition coefficient (Wildman–Crippen LogP) is 4.46. The number of aryl methyl sites for hydroxylation is 4. The molecule has 0 amide bonds. The minimum atomic E-state index is -0.317. The molecule has 3 rings (SSSR count). The molecule has 0 N–H and O–H groups in total. The topological polar surface area (TPSA) is 57.7 Å². The number of hydrogen-bond acceptors (Lipinski definition) is 5. The highest BCUT2D eigenvalue weighted by atomic mass is 16.5. The van der Waals surface area contributed by atoms with Gasteiger partial charge in [0.1, 0.15) is 11.5 Å². The predicted molar refractivity (Wildman–Crippen MR) is 116 cm³/mol. The first-order valence-electron chi connectivity index (χ1n) is 9.95. The summed E-state index contributed by atoms with van der Waals surface area (Å²) in [5, 5.41) is 0. The fourth-order valence-corrected chi connectivity index (χ4v) is 3.40. The number of aromatic nitrogens is 1. The lowest BCUT2D eigenvalue weighted by Crippen LogP contribution is -2.03. The number of carbonyl (C=O) groups excluding carboxylic acids is 1. The van der Waals surface area contributed by atoms with Crippen LogP contribution in [-0.2, 0) is 30.4 Å². The highest BCUT2D eigenvalue weighted by Gasteiger charge is 2.08. The molecule has 30 heavy (non-hydrogen) atoms. The van der Waals surface area contributed by atoms with Gasteiger partial charge >= 0.3 is 5.97 Å². The molecule has 0 radical (unpaired) electrons. The van der Waals surface area contributed by atoms with Crippen LogP contribution in [-0.4, -0.2) is 32.3 Å². The average molecular weight is 405 g/mol. The number of methoxy groups -OCH3 is 3. The van der Waals surface area contributed by atoms with Crippen LogP contribution in [0.2, 0.25) is 0 Å². The lowest BCUT2D eigenvalue weighted by molar-refractivity contribution is 0.0600. The Labute approximate surface area is 177 Å². The normalized spacial score (nSPS) is 10.5. The van der Waals surface area contributed by atoms with Crippen LogP contribution >= 0.6 is 0 Å². The second-order valence-electron chi connectivity index (χ2n) is 7.02. The van der Waals surface area contributed by atoms with Crippen LogP contribution in [0.4, 0.5) is 0 Å². The first-order valence-corrected chi connectivity index (χ1v) is 9.95. The highest BCUT2D eigenvalue weighted by molar-refractivity contribution is 5.89. The van der Waals surface area contributed by atoms with Crippen molar-refractivity contribution in [1.82, 2.24) is 4.98 Å². The number of carbonyl (C=O) groups is 1. The van der Waals surface area contributed by atoms with Gasteiger partial charge in [-0.15, -0.1) is 0 Å². The molecule has 1 heterocycles. The minimum Gasteiger partial charge on any atom is -0.497 e. The van der Waals surface area contributed by atoms with Gasteiger partial charge in [-0.2, -0.15) is 0 Å². The van der Waals surface area contributed by atoms with Crippen molar-refractivity contribution >= 4 is 5.97 Å². The van der Waals surface area contributed by atoms with Crippen LogP contribution in [0.3, 0.4) is 0 Å². The van der Waals surface area contributed by atoms with Crippen LogP contribution in [0.1, 0.15) is 32.7 Å². The Balaban J connectivity index is 1.65. The minimum absolute atomic E-state index is 0.317. The van der Waals surface area contributed by atoms with Crippen molar-refractivity contribution < 1.29 is 19.0 Å². The summed E-state index contributed by atoms with van der Waals surface area (Å²) in [4.78, 5) is 16.2. The van der Waals surface area contributed by atoms with E-state index in [1.807, 2.05) is 42.6 Å². The molecular weight excluding hydrogens is 378 g/mol. The second-order valence-corrected chi connectivity index (χ2v) is 7.02. The van der Waals surface area contributed by atoms with E-state index in [-0.39, 0.29) is 5.97 Å². The Morgan fingerprint density at radius 2 is 1.47 bits per heavy atom. The fourth-order valence-electron chi connectivity index (χ4n) is 3.40. The average Bonchev–Trinajstić information content (AvgIpc) is 2.81. The van der Waals surface area contributed by atoms with Crippen LogP contribution < -0.4 is 9.47 Å². The molecule has 0 aliphatic carbocycles. The van der Waals surface area contributed by atoms with Crippen molar-refractivity contribution in [3.63, 3.8) is 0 Å². The summed E-state index contributed by atoms with van der Waals surface area (Å²) in [6.45, 7) is 0. The molecule has 0 aliphatic rings. The van der Waals surface area contributed by atoms with E-state index in [0.29, 0.717) is 5.56 Å². The van der Waals surface area contributed by atoms with Gasteiger partial charge < -0.3 is 14.2 Å². The summed E-state index contributed by atoms with van der Waals surface area (Å²) in [5.74, 6) is 1.28. The molecule has 0 bridgehead atoms. The van der Waals surface area contributed by atoms with Gasteiger partial charge in [-0.05, 0) is 72.7 Å². The third kappa shape index (κ3) is 5.60. The zero-order valence-electron chi connectivity index (χ0n) is 17.7. The zero-order valence-corrected chi connectivity index (χ0v) is 17.7. The molecule has 0 saturated carbocycles. The summed E-state index contributed by atoms with van der Waals surface area (Å²) in [6, 6.07) is 17.6. The van der Waals surface area contributed by atoms with E-state index in [1.54, 1.807) is 26.4 Å². The smallest absolute Gasteiger partial charge is 0.337 e. The molecule has 0 atom stereocenters. The maximum absolute atomic E-state index is 11.6. The number of nitrogens with zero attached hydrogens (tertiary/aromatic N) is 1. The molecule has 0 unspecified atom stereocenters. The molecule has 0 aliphatic heterocycles. The Morgan fingerprint density at radius 3 is 2.10 bits per heavy atom.